The van der Waals surface area contributed by atoms with Crippen molar-refractivity contribution in [2.45, 2.75) is 37.4 Å². The summed E-state index contributed by atoms with van der Waals surface area (Å²) in [5.74, 6) is -0.194. The number of carbonyl (C=O) groups is 1. The van der Waals surface area contributed by atoms with Gasteiger partial charge in [-0.25, -0.2) is 0 Å². The molecule has 3 nitrogen and oxygen atoms in total. The Labute approximate surface area is 152 Å². The monoisotopic (exact) mass is 356 g/mol. The first-order chi connectivity index (χ1) is 12.1. The van der Waals surface area contributed by atoms with E-state index < -0.39 is 5.41 Å². The number of benzene rings is 2. The molecule has 130 valence electrons. The van der Waals surface area contributed by atoms with E-state index in [1.165, 1.54) is 7.11 Å². The number of halogens is 1. The Morgan fingerprint density at radius 1 is 1.16 bits per heavy atom. The molecule has 0 radical (unpaired) electrons. The largest absolute Gasteiger partial charge is 0.468 e. The molecule has 25 heavy (non-hydrogen) atoms. The first-order valence-corrected chi connectivity index (χ1v) is 9.00. The Bertz CT molecular complexity index is 767. The van der Waals surface area contributed by atoms with Gasteiger partial charge in [-0.05, 0) is 48.9 Å². The van der Waals surface area contributed by atoms with E-state index in [1.54, 1.807) is 0 Å². The molecular weight excluding hydrogens is 336 g/mol. The number of methoxy groups -OCH3 is 1. The number of hydrogen-bond acceptors (Lipinski definition) is 3. The third kappa shape index (κ3) is 2.96. The number of ether oxygens (including phenoxy) is 2. The fourth-order valence-electron chi connectivity index (χ4n) is 4.10. The van der Waals surface area contributed by atoms with E-state index >= 15 is 0 Å². The van der Waals surface area contributed by atoms with E-state index in [1.807, 2.05) is 42.5 Å². The molecule has 1 aliphatic carbocycles. The van der Waals surface area contributed by atoms with Gasteiger partial charge in [0.15, 0.2) is 0 Å². The van der Waals surface area contributed by atoms with Crippen LogP contribution in [0, 0.1) is 5.41 Å². The van der Waals surface area contributed by atoms with E-state index in [2.05, 4.69) is 12.1 Å². The first kappa shape index (κ1) is 16.6. The summed E-state index contributed by atoms with van der Waals surface area (Å²) >= 11 is 6.04. The van der Waals surface area contributed by atoms with E-state index in [0.717, 1.165) is 24.0 Å². The van der Waals surface area contributed by atoms with Crippen LogP contribution in [0.5, 0.6) is 0 Å². The van der Waals surface area contributed by atoms with Crippen LogP contribution >= 0.6 is 11.6 Å². The van der Waals surface area contributed by atoms with Gasteiger partial charge in [0.2, 0.25) is 0 Å². The van der Waals surface area contributed by atoms with Crippen LogP contribution in [0.4, 0.5) is 0 Å². The van der Waals surface area contributed by atoms with Gasteiger partial charge in [0.05, 0.1) is 18.8 Å². The van der Waals surface area contributed by atoms with Crippen molar-refractivity contribution in [3.63, 3.8) is 0 Å². The fraction of sp³-hybridized carbons (Fsp3) is 0.381. The normalized spacial score (nSPS) is 26.6. The zero-order chi connectivity index (χ0) is 17.5. The maximum atomic E-state index is 13.0. The highest BCUT2D eigenvalue weighted by molar-refractivity contribution is 6.30. The van der Waals surface area contributed by atoms with Crippen molar-refractivity contribution < 1.29 is 14.3 Å². The van der Waals surface area contributed by atoms with Crippen molar-refractivity contribution in [1.29, 1.82) is 0 Å². The molecule has 2 aromatic rings. The van der Waals surface area contributed by atoms with Gasteiger partial charge < -0.3 is 9.47 Å². The van der Waals surface area contributed by atoms with Crippen molar-refractivity contribution in [3.8, 4) is 0 Å². The van der Waals surface area contributed by atoms with E-state index in [4.69, 9.17) is 21.1 Å². The quantitative estimate of drug-likeness (QED) is 0.742. The lowest BCUT2D eigenvalue weighted by atomic mass is 9.72. The minimum Gasteiger partial charge on any atom is -0.468 e. The molecule has 0 bridgehead atoms. The zero-order valence-electron chi connectivity index (χ0n) is 14.2. The summed E-state index contributed by atoms with van der Waals surface area (Å²) in [5.41, 5.74) is 1.22. The summed E-state index contributed by atoms with van der Waals surface area (Å²) in [4.78, 5) is 13.0. The lowest BCUT2D eigenvalue weighted by molar-refractivity contribution is -0.156. The van der Waals surface area contributed by atoms with Crippen molar-refractivity contribution >= 4 is 17.6 Å². The smallest absolute Gasteiger partial charge is 0.315 e. The average Bonchev–Trinajstić information content (AvgIpc) is 3.30. The predicted molar refractivity (Wildman–Crippen MR) is 96.5 cm³/mol. The summed E-state index contributed by atoms with van der Waals surface area (Å²) in [5, 5.41) is 0.676. The highest BCUT2D eigenvalue weighted by atomic mass is 35.5. The molecule has 1 heterocycles. The van der Waals surface area contributed by atoms with Gasteiger partial charge in [0.1, 0.15) is 5.41 Å². The third-order valence-corrected chi connectivity index (χ3v) is 5.69. The van der Waals surface area contributed by atoms with Gasteiger partial charge >= 0.3 is 5.97 Å². The summed E-state index contributed by atoms with van der Waals surface area (Å²) in [6.45, 7) is 0. The summed E-state index contributed by atoms with van der Waals surface area (Å²) in [6, 6.07) is 17.7. The van der Waals surface area contributed by atoms with Crippen LogP contribution in [0.1, 0.15) is 36.5 Å². The molecular formula is C21H21ClO3. The Hall–Kier alpha value is -1.84. The van der Waals surface area contributed by atoms with Crippen LogP contribution in [-0.4, -0.2) is 18.7 Å². The predicted octanol–water partition coefficient (Wildman–Crippen LogP) is 4.74. The SMILES string of the molecule is COC(=O)[C@@]1(Cc2ccccc2)CC2(CC2)O[C@H]1c1ccc(Cl)cc1. The van der Waals surface area contributed by atoms with Gasteiger partial charge in [-0.2, -0.15) is 0 Å². The molecule has 2 aliphatic rings. The second-order valence-corrected chi connectivity index (χ2v) is 7.66. The number of hydrogen-bond donors (Lipinski definition) is 0. The Balaban J connectivity index is 1.78. The molecule has 0 aromatic heterocycles. The van der Waals surface area contributed by atoms with Crippen LogP contribution < -0.4 is 0 Å². The molecule has 1 saturated carbocycles. The van der Waals surface area contributed by atoms with Gasteiger partial charge in [0.25, 0.3) is 0 Å². The molecule has 0 amide bonds. The van der Waals surface area contributed by atoms with Gasteiger partial charge in [0, 0.05) is 5.02 Å². The molecule has 1 aliphatic heterocycles. The second-order valence-electron chi connectivity index (χ2n) is 7.22. The maximum Gasteiger partial charge on any atom is 0.315 e. The summed E-state index contributed by atoms with van der Waals surface area (Å²) in [7, 11) is 1.46. The van der Waals surface area contributed by atoms with E-state index in [-0.39, 0.29) is 17.7 Å². The molecule has 2 fully saturated rings. The molecule has 0 N–H and O–H groups in total. The Kier molecular flexibility index (Phi) is 4.09. The Morgan fingerprint density at radius 3 is 2.44 bits per heavy atom. The number of rotatable bonds is 4. The summed E-state index contributed by atoms with van der Waals surface area (Å²) in [6.07, 6.45) is 3.00. The molecule has 4 rings (SSSR count). The maximum absolute atomic E-state index is 13.0. The average molecular weight is 357 g/mol. The lowest BCUT2D eigenvalue weighted by Gasteiger charge is -2.31. The van der Waals surface area contributed by atoms with Gasteiger partial charge in [-0.1, -0.05) is 54.1 Å². The minimum absolute atomic E-state index is 0.173. The first-order valence-electron chi connectivity index (χ1n) is 8.63. The molecule has 4 heteroatoms. The van der Waals surface area contributed by atoms with Crippen molar-refractivity contribution in [3.05, 3.63) is 70.7 Å². The van der Waals surface area contributed by atoms with Crippen LogP contribution in [0.15, 0.2) is 54.6 Å². The van der Waals surface area contributed by atoms with Crippen LogP contribution in [0.2, 0.25) is 5.02 Å². The number of carbonyl (C=O) groups excluding carboxylic acids is 1. The molecule has 1 spiro atoms. The Morgan fingerprint density at radius 2 is 1.84 bits per heavy atom. The lowest BCUT2D eigenvalue weighted by Crippen LogP contribution is -2.37. The van der Waals surface area contributed by atoms with Gasteiger partial charge in [-0.15, -0.1) is 0 Å². The topological polar surface area (TPSA) is 35.5 Å². The molecule has 2 aromatic carbocycles. The van der Waals surface area contributed by atoms with E-state index in [0.29, 0.717) is 17.9 Å². The van der Waals surface area contributed by atoms with Crippen molar-refractivity contribution in [2.75, 3.05) is 7.11 Å². The van der Waals surface area contributed by atoms with Crippen LogP contribution in [0.25, 0.3) is 0 Å². The summed E-state index contributed by atoms with van der Waals surface area (Å²) < 4.78 is 11.7. The van der Waals surface area contributed by atoms with Crippen molar-refractivity contribution in [1.82, 2.24) is 0 Å². The molecule has 0 unspecified atom stereocenters. The van der Waals surface area contributed by atoms with Crippen molar-refractivity contribution in [2.24, 2.45) is 5.41 Å². The number of esters is 1. The standard InChI is InChI=1S/C21H21ClO3/c1-24-19(23)21(13-15-5-3-2-4-6-15)14-20(11-12-20)25-18(21)16-7-9-17(22)10-8-16/h2-10,18H,11-14H2,1H3/t18-,21-/m0/s1. The molecule has 2 atom stereocenters. The highest BCUT2D eigenvalue weighted by Crippen LogP contribution is 2.63. The van der Waals surface area contributed by atoms with Gasteiger partial charge in [-0.3, -0.25) is 4.79 Å². The minimum atomic E-state index is -0.708. The zero-order valence-corrected chi connectivity index (χ0v) is 15.0. The van der Waals surface area contributed by atoms with E-state index in [9.17, 15) is 4.79 Å². The second kappa shape index (κ2) is 6.15. The highest BCUT2D eigenvalue weighted by Gasteiger charge is 2.65. The molecule has 1 saturated heterocycles. The fourth-order valence-corrected chi connectivity index (χ4v) is 4.23. The van der Waals surface area contributed by atoms with Crippen LogP contribution in [-0.2, 0) is 20.7 Å². The third-order valence-electron chi connectivity index (χ3n) is 5.44. The van der Waals surface area contributed by atoms with Crippen LogP contribution in [0.3, 0.4) is 0 Å².